The molecule has 0 saturated heterocycles. The molecule has 31 heavy (non-hydrogen) atoms. The van der Waals surface area contributed by atoms with Crippen LogP contribution in [0, 0.1) is 6.92 Å². The molecule has 0 aliphatic carbocycles. The van der Waals surface area contributed by atoms with Crippen LogP contribution < -0.4 is 10.1 Å². The van der Waals surface area contributed by atoms with E-state index in [-0.39, 0.29) is 5.92 Å². The number of aromatic nitrogens is 5. The average molecular weight is 415 g/mol. The molecule has 1 unspecified atom stereocenters. The summed E-state index contributed by atoms with van der Waals surface area (Å²) in [6.45, 7) is 4.85. The van der Waals surface area contributed by atoms with Crippen LogP contribution in [-0.4, -0.2) is 38.4 Å². The molecule has 3 heterocycles. The zero-order valence-electron chi connectivity index (χ0n) is 18.2. The maximum absolute atomic E-state index is 5.69. The highest BCUT2D eigenvalue weighted by Gasteiger charge is 2.14. The van der Waals surface area contributed by atoms with Crippen LogP contribution in [0.15, 0.2) is 61.3 Å². The zero-order valence-corrected chi connectivity index (χ0v) is 18.2. The summed E-state index contributed by atoms with van der Waals surface area (Å²) < 4.78 is 7.48. The van der Waals surface area contributed by atoms with Crippen molar-refractivity contribution in [2.75, 3.05) is 19.0 Å². The van der Waals surface area contributed by atoms with Crippen molar-refractivity contribution in [3.05, 3.63) is 72.6 Å². The third-order valence-electron chi connectivity index (χ3n) is 5.27. The fourth-order valence-electron chi connectivity index (χ4n) is 3.47. The van der Waals surface area contributed by atoms with Gasteiger partial charge in [0, 0.05) is 54.8 Å². The molecule has 0 spiro atoms. The Morgan fingerprint density at radius 2 is 1.84 bits per heavy atom. The van der Waals surface area contributed by atoms with Gasteiger partial charge in [0.25, 0.3) is 0 Å². The van der Waals surface area contributed by atoms with Crippen LogP contribution in [-0.2, 0) is 7.05 Å². The lowest BCUT2D eigenvalue weighted by atomic mass is 9.97. The lowest BCUT2D eigenvalue weighted by Gasteiger charge is -2.18. The molecule has 0 radical (unpaired) electrons. The normalized spacial score (nSPS) is 11.9. The standard InChI is InChI=1S/C24H26N6O/c1-16(21-8-7-18(9-23(21)31-4)20-13-29-30(3)14-20)11-26-24-10-22(27-15-28-24)19-6-5-17(2)25-12-19/h5-10,12-16H,11H2,1-4H3,(H,26,27,28). The molecule has 0 fully saturated rings. The van der Waals surface area contributed by atoms with Crippen LogP contribution in [0.5, 0.6) is 5.75 Å². The molecule has 4 aromatic rings. The number of pyridine rings is 1. The molecule has 1 aromatic carbocycles. The van der Waals surface area contributed by atoms with Crippen LogP contribution in [0.1, 0.15) is 24.1 Å². The highest BCUT2D eigenvalue weighted by molar-refractivity contribution is 5.65. The van der Waals surface area contributed by atoms with Gasteiger partial charge in [0.1, 0.15) is 17.9 Å². The summed E-state index contributed by atoms with van der Waals surface area (Å²) in [5.74, 6) is 1.87. The van der Waals surface area contributed by atoms with E-state index in [9.17, 15) is 0 Å². The first-order chi connectivity index (χ1) is 15.0. The maximum atomic E-state index is 5.69. The van der Waals surface area contributed by atoms with E-state index in [1.807, 2.05) is 50.8 Å². The Balaban J connectivity index is 1.48. The van der Waals surface area contributed by atoms with Crippen LogP contribution in [0.2, 0.25) is 0 Å². The summed E-state index contributed by atoms with van der Waals surface area (Å²) in [5.41, 5.74) is 6.08. The van der Waals surface area contributed by atoms with Gasteiger partial charge in [-0.25, -0.2) is 9.97 Å². The summed E-state index contributed by atoms with van der Waals surface area (Å²) in [7, 11) is 3.62. The third-order valence-corrected chi connectivity index (χ3v) is 5.27. The first-order valence-electron chi connectivity index (χ1n) is 10.2. The lowest BCUT2D eigenvalue weighted by molar-refractivity contribution is 0.407. The third kappa shape index (κ3) is 4.71. The van der Waals surface area contributed by atoms with Crippen LogP contribution >= 0.6 is 0 Å². The number of aryl methyl sites for hydroxylation is 2. The van der Waals surface area contributed by atoms with E-state index >= 15 is 0 Å². The van der Waals surface area contributed by atoms with Gasteiger partial charge in [0.2, 0.25) is 0 Å². The topological polar surface area (TPSA) is 77.8 Å². The SMILES string of the molecule is COc1cc(-c2cnn(C)c2)ccc1C(C)CNc1cc(-c2ccc(C)nc2)ncn1. The number of benzene rings is 1. The van der Waals surface area contributed by atoms with Crippen molar-refractivity contribution < 1.29 is 4.74 Å². The summed E-state index contributed by atoms with van der Waals surface area (Å²) in [6.07, 6.45) is 7.26. The smallest absolute Gasteiger partial charge is 0.129 e. The molecule has 7 heteroatoms. The van der Waals surface area contributed by atoms with Gasteiger partial charge >= 0.3 is 0 Å². The van der Waals surface area contributed by atoms with Crippen molar-refractivity contribution in [3.8, 4) is 28.1 Å². The van der Waals surface area contributed by atoms with E-state index < -0.39 is 0 Å². The molecule has 0 aliphatic heterocycles. The van der Waals surface area contributed by atoms with E-state index in [1.54, 1.807) is 18.1 Å². The molecule has 0 saturated carbocycles. The minimum atomic E-state index is 0.220. The number of rotatable bonds is 7. The maximum Gasteiger partial charge on any atom is 0.129 e. The first-order valence-corrected chi connectivity index (χ1v) is 10.2. The molecule has 0 amide bonds. The number of anilines is 1. The minimum absolute atomic E-state index is 0.220. The number of nitrogens with zero attached hydrogens (tertiary/aromatic N) is 5. The van der Waals surface area contributed by atoms with Gasteiger partial charge in [-0.2, -0.15) is 5.10 Å². The van der Waals surface area contributed by atoms with Crippen molar-refractivity contribution in [1.29, 1.82) is 0 Å². The van der Waals surface area contributed by atoms with Crippen LogP contribution in [0.3, 0.4) is 0 Å². The second-order valence-electron chi connectivity index (χ2n) is 7.62. The van der Waals surface area contributed by atoms with Gasteiger partial charge in [-0.05, 0) is 36.2 Å². The van der Waals surface area contributed by atoms with Gasteiger partial charge < -0.3 is 10.1 Å². The molecule has 7 nitrogen and oxygen atoms in total. The molecular weight excluding hydrogens is 388 g/mol. The summed E-state index contributed by atoms with van der Waals surface area (Å²) in [4.78, 5) is 13.1. The first kappa shape index (κ1) is 20.5. The molecule has 1 atom stereocenters. The van der Waals surface area contributed by atoms with Crippen molar-refractivity contribution >= 4 is 5.82 Å². The van der Waals surface area contributed by atoms with E-state index in [2.05, 4.69) is 50.5 Å². The quantitative estimate of drug-likeness (QED) is 0.481. The summed E-state index contributed by atoms with van der Waals surface area (Å²) >= 11 is 0. The van der Waals surface area contributed by atoms with Crippen LogP contribution in [0.25, 0.3) is 22.4 Å². The highest BCUT2D eigenvalue weighted by atomic mass is 16.5. The monoisotopic (exact) mass is 414 g/mol. The Morgan fingerprint density at radius 1 is 1.00 bits per heavy atom. The van der Waals surface area contributed by atoms with Gasteiger partial charge in [0.05, 0.1) is 19.0 Å². The van der Waals surface area contributed by atoms with Gasteiger partial charge in [0.15, 0.2) is 0 Å². The number of nitrogens with one attached hydrogen (secondary N) is 1. The molecule has 158 valence electrons. The van der Waals surface area contributed by atoms with Gasteiger partial charge in [-0.15, -0.1) is 0 Å². The molecular formula is C24H26N6O. The van der Waals surface area contributed by atoms with Crippen molar-refractivity contribution in [3.63, 3.8) is 0 Å². The fraction of sp³-hybridized carbons (Fsp3) is 0.250. The largest absolute Gasteiger partial charge is 0.496 e. The zero-order chi connectivity index (χ0) is 21.8. The Kier molecular flexibility index (Phi) is 5.93. The van der Waals surface area contributed by atoms with Crippen molar-refractivity contribution in [2.45, 2.75) is 19.8 Å². The number of hydrogen-bond acceptors (Lipinski definition) is 6. The number of methoxy groups -OCH3 is 1. The minimum Gasteiger partial charge on any atom is -0.496 e. The Hall–Kier alpha value is -3.74. The van der Waals surface area contributed by atoms with Gasteiger partial charge in [-0.1, -0.05) is 19.1 Å². The number of ether oxygens (including phenoxy) is 1. The predicted octanol–water partition coefficient (Wildman–Crippen LogP) is 4.47. The van der Waals surface area contributed by atoms with E-state index in [4.69, 9.17) is 4.74 Å². The predicted molar refractivity (Wildman–Crippen MR) is 122 cm³/mol. The highest BCUT2D eigenvalue weighted by Crippen LogP contribution is 2.32. The molecule has 4 rings (SSSR count). The fourth-order valence-corrected chi connectivity index (χ4v) is 3.47. The van der Waals surface area contributed by atoms with Crippen LogP contribution in [0.4, 0.5) is 5.82 Å². The van der Waals surface area contributed by atoms with E-state index in [0.717, 1.165) is 45.2 Å². The molecule has 3 aromatic heterocycles. The number of hydrogen-bond donors (Lipinski definition) is 1. The molecule has 0 bridgehead atoms. The van der Waals surface area contributed by atoms with Gasteiger partial charge in [-0.3, -0.25) is 9.67 Å². The Labute approximate surface area is 182 Å². The lowest BCUT2D eigenvalue weighted by Crippen LogP contribution is -2.12. The molecule has 1 N–H and O–H groups in total. The van der Waals surface area contributed by atoms with Crippen molar-refractivity contribution in [2.24, 2.45) is 7.05 Å². The molecule has 0 aliphatic rings. The Morgan fingerprint density at radius 3 is 2.55 bits per heavy atom. The average Bonchev–Trinajstić information content (AvgIpc) is 3.24. The van der Waals surface area contributed by atoms with E-state index in [1.165, 1.54) is 0 Å². The second-order valence-corrected chi connectivity index (χ2v) is 7.62. The van der Waals surface area contributed by atoms with Crippen molar-refractivity contribution in [1.82, 2.24) is 24.7 Å². The second kappa shape index (κ2) is 8.95. The summed E-state index contributed by atoms with van der Waals surface area (Å²) in [5, 5.41) is 7.68. The summed E-state index contributed by atoms with van der Waals surface area (Å²) in [6, 6.07) is 12.2. The Bertz CT molecular complexity index is 1170. The van der Waals surface area contributed by atoms with E-state index in [0.29, 0.717) is 6.54 Å².